The number of methoxy groups -OCH3 is 1. The summed E-state index contributed by atoms with van der Waals surface area (Å²) >= 11 is 0. The predicted molar refractivity (Wildman–Crippen MR) is 59.8 cm³/mol. The van der Waals surface area contributed by atoms with Crippen LogP contribution in [0.5, 0.6) is 5.75 Å². The van der Waals surface area contributed by atoms with Gasteiger partial charge in [0, 0.05) is 5.92 Å². The minimum atomic E-state index is -0.779. The second kappa shape index (κ2) is 4.53. The Morgan fingerprint density at radius 2 is 2.12 bits per heavy atom. The Bertz CT molecular complexity index is 374. The number of aliphatic carboxylic acids is 1. The van der Waals surface area contributed by atoms with Gasteiger partial charge in [-0.3, -0.25) is 4.79 Å². The van der Waals surface area contributed by atoms with Gasteiger partial charge in [-0.15, -0.1) is 0 Å². The number of nitrogens with one attached hydrogen (secondary N) is 1. The Kier molecular flexibility index (Phi) is 3.10. The Hall–Kier alpha value is -1.55. The maximum atomic E-state index is 11.0. The van der Waals surface area contributed by atoms with Crippen molar-refractivity contribution in [3.63, 3.8) is 0 Å². The van der Waals surface area contributed by atoms with Crippen LogP contribution in [0.1, 0.15) is 17.9 Å². The molecule has 0 spiro atoms. The standard InChI is InChI=1S/C12H15NO3/c1-16-9-4-2-8(3-5-9)10-6-7-13-11(10)12(14)15/h2-5,10-11,13H,6-7H2,1H3,(H,14,15)/t10-,11+/m1/s1. The summed E-state index contributed by atoms with van der Waals surface area (Å²) in [5.41, 5.74) is 1.05. The average molecular weight is 221 g/mol. The van der Waals surface area contributed by atoms with Gasteiger partial charge in [0.05, 0.1) is 7.11 Å². The third-order valence-corrected chi connectivity index (χ3v) is 3.03. The molecule has 1 saturated heterocycles. The third-order valence-electron chi connectivity index (χ3n) is 3.03. The van der Waals surface area contributed by atoms with Crippen molar-refractivity contribution in [1.82, 2.24) is 5.32 Å². The van der Waals surface area contributed by atoms with Crippen molar-refractivity contribution in [3.05, 3.63) is 29.8 Å². The Balaban J connectivity index is 2.19. The molecule has 0 saturated carbocycles. The van der Waals surface area contributed by atoms with E-state index < -0.39 is 12.0 Å². The maximum Gasteiger partial charge on any atom is 0.321 e. The molecule has 1 heterocycles. The summed E-state index contributed by atoms with van der Waals surface area (Å²) in [4.78, 5) is 11.0. The zero-order valence-electron chi connectivity index (χ0n) is 9.14. The SMILES string of the molecule is COc1ccc([C@H]2CCN[C@@H]2C(=O)O)cc1. The van der Waals surface area contributed by atoms with Crippen LogP contribution in [-0.4, -0.2) is 30.8 Å². The minimum absolute atomic E-state index is 0.0587. The normalized spacial score (nSPS) is 24.3. The van der Waals surface area contributed by atoms with Crippen molar-refractivity contribution >= 4 is 5.97 Å². The number of carboxylic acids is 1. The minimum Gasteiger partial charge on any atom is -0.497 e. The van der Waals surface area contributed by atoms with Crippen LogP contribution in [0.25, 0.3) is 0 Å². The Morgan fingerprint density at radius 1 is 1.44 bits per heavy atom. The molecule has 1 aliphatic rings. The van der Waals surface area contributed by atoms with E-state index in [-0.39, 0.29) is 5.92 Å². The molecule has 0 aromatic heterocycles. The van der Waals surface area contributed by atoms with E-state index in [0.717, 1.165) is 24.3 Å². The molecule has 1 aromatic carbocycles. The molecule has 0 radical (unpaired) electrons. The van der Waals surface area contributed by atoms with Gasteiger partial charge in [-0.05, 0) is 30.7 Å². The number of hydrogen-bond donors (Lipinski definition) is 2. The predicted octanol–water partition coefficient (Wildman–Crippen LogP) is 1.23. The van der Waals surface area contributed by atoms with Crippen LogP contribution in [0.3, 0.4) is 0 Å². The van der Waals surface area contributed by atoms with Crippen LogP contribution in [0, 0.1) is 0 Å². The quantitative estimate of drug-likeness (QED) is 0.806. The van der Waals surface area contributed by atoms with Crippen LogP contribution in [-0.2, 0) is 4.79 Å². The van der Waals surface area contributed by atoms with Crippen molar-refractivity contribution in [1.29, 1.82) is 0 Å². The molecule has 1 aliphatic heterocycles. The summed E-state index contributed by atoms with van der Waals surface area (Å²) in [7, 11) is 1.62. The molecule has 0 aliphatic carbocycles. The van der Waals surface area contributed by atoms with Crippen molar-refractivity contribution in [2.75, 3.05) is 13.7 Å². The molecule has 0 bridgehead atoms. The molecule has 1 fully saturated rings. The fraction of sp³-hybridized carbons (Fsp3) is 0.417. The van der Waals surface area contributed by atoms with E-state index >= 15 is 0 Å². The summed E-state index contributed by atoms with van der Waals surface area (Å²) < 4.78 is 5.07. The van der Waals surface area contributed by atoms with Crippen LogP contribution >= 0.6 is 0 Å². The van der Waals surface area contributed by atoms with Gasteiger partial charge < -0.3 is 15.2 Å². The first-order valence-corrected chi connectivity index (χ1v) is 5.32. The molecule has 16 heavy (non-hydrogen) atoms. The summed E-state index contributed by atoms with van der Waals surface area (Å²) in [6.07, 6.45) is 0.864. The summed E-state index contributed by atoms with van der Waals surface area (Å²) in [5, 5.41) is 12.1. The first-order chi connectivity index (χ1) is 7.72. The zero-order valence-corrected chi connectivity index (χ0v) is 9.14. The monoisotopic (exact) mass is 221 g/mol. The third kappa shape index (κ3) is 2.02. The van der Waals surface area contributed by atoms with E-state index in [1.54, 1.807) is 7.11 Å². The van der Waals surface area contributed by atoms with Gasteiger partial charge in [-0.1, -0.05) is 12.1 Å². The molecule has 1 aromatic rings. The summed E-state index contributed by atoms with van der Waals surface area (Å²) in [5.74, 6) is 0.0725. The van der Waals surface area contributed by atoms with Gasteiger partial charge in [-0.25, -0.2) is 0 Å². The fourth-order valence-electron chi connectivity index (χ4n) is 2.17. The van der Waals surface area contributed by atoms with Crippen LogP contribution < -0.4 is 10.1 Å². The van der Waals surface area contributed by atoms with Gasteiger partial charge in [0.1, 0.15) is 11.8 Å². The van der Waals surface area contributed by atoms with Crippen molar-refractivity contribution in [3.8, 4) is 5.75 Å². The zero-order chi connectivity index (χ0) is 11.5. The molecular formula is C12H15NO3. The number of benzene rings is 1. The topological polar surface area (TPSA) is 58.6 Å². The first kappa shape index (κ1) is 11.0. The highest BCUT2D eigenvalue weighted by atomic mass is 16.5. The second-order valence-corrected chi connectivity index (χ2v) is 3.94. The van der Waals surface area contributed by atoms with E-state index in [1.807, 2.05) is 24.3 Å². The molecule has 4 nitrogen and oxygen atoms in total. The lowest BCUT2D eigenvalue weighted by molar-refractivity contribution is -0.139. The highest BCUT2D eigenvalue weighted by Crippen LogP contribution is 2.29. The van der Waals surface area contributed by atoms with Crippen LogP contribution in [0.2, 0.25) is 0 Å². The van der Waals surface area contributed by atoms with E-state index in [4.69, 9.17) is 9.84 Å². The van der Waals surface area contributed by atoms with Gasteiger partial charge in [0.2, 0.25) is 0 Å². The number of ether oxygens (including phenoxy) is 1. The highest BCUT2D eigenvalue weighted by molar-refractivity contribution is 5.75. The lowest BCUT2D eigenvalue weighted by Gasteiger charge is -2.16. The first-order valence-electron chi connectivity index (χ1n) is 5.32. The highest BCUT2D eigenvalue weighted by Gasteiger charge is 2.33. The second-order valence-electron chi connectivity index (χ2n) is 3.94. The van der Waals surface area contributed by atoms with Crippen LogP contribution in [0.4, 0.5) is 0 Å². The van der Waals surface area contributed by atoms with Crippen molar-refractivity contribution < 1.29 is 14.6 Å². The molecule has 0 amide bonds. The van der Waals surface area contributed by atoms with E-state index in [1.165, 1.54) is 0 Å². The van der Waals surface area contributed by atoms with Crippen molar-refractivity contribution in [2.24, 2.45) is 0 Å². The lowest BCUT2D eigenvalue weighted by atomic mass is 9.92. The molecule has 2 N–H and O–H groups in total. The Morgan fingerprint density at radius 3 is 2.69 bits per heavy atom. The number of rotatable bonds is 3. The smallest absolute Gasteiger partial charge is 0.321 e. The van der Waals surface area contributed by atoms with Gasteiger partial charge in [0.15, 0.2) is 0 Å². The molecule has 0 unspecified atom stereocenters. The van der Waals surface area contributed by atoms with Gasteiger partial charge in [-0.2, -0.15) is 0 Å². The van der Waals surface area contributed by atoms with E-state index in [2.05, 4.69) is 5.32 Å². The number of hydrogen-bond acceptors (Lipinski definition) is 3. The largest absolute Gasteiger partial charge is 0.497 e. The number of carbonyl (C=O) groups is 1. The fourth-order valence-corrected chi connectivity index (χ4v) is 2.17. The van der Waals surface area contributed by atoms with Crippen molar-refractivity contribution in [2.45, 2.75) is 18.4 Å². The number of carboxylic acid groups (broad SMARTS) is 1. The Labute approximate surface area is 94.2 Å². The summed E-state index contributed by atoms with van der Waals surface area (Å²) in [6.45, 7) is 0.758. The molecule has 4 heteroatoms. The molecule has 2 rings (SSSR count). The van der Waals surface area contributed by atoms with Gasteiger partial charge in [0.25, 0.3) is 0 Å². The van der Waals surface area contributed by atoms with Gasteiger partial charge >= 0.3 is 5.97 Å². The van der Waals surface area contributed by atoms with E-state index in [9.17, 15) is 4.79 Å². The lowest BCUT2D eigenvalue weighted by Crippen LogP contribution is -2.34. The summed E-state index contributed by atoms with van der Waals surface area (Å²) in [6, 6.07) is 7.14. The molecule has 86 valence electrons. The van der Waals surface area contributed by atoms with Crippen LogP contribution in [0.15, 0.2) is 24.3 Å². The molecular weight excluding hydrogens is 206 g/mol. The van der Waals surface area contributed by atoms with E-state index in [0.29, 0.717) is 0 Å². The molecule has 2 atom stereocenters. The average Bonchev–Trinajstić information content (AvgIpc) is 2.78. The maximum absolute atomic E-state index is 11.0.